The van der Waals surface area contributed by atoms with Gasteiger partial charge in [-0.1, -0.05) is 0 Å². The van der Waals surface area contributed by atoms with Crippen LogP contribution in [0.25, 0.3) is 0 Å². The predicted molar refractivity (Wildman–Crippen MR) is 78.0 cm³/mol. The Labute approximate surface area is 113 Å². The summed E-state index contributed by atoms with van der Waals surface area (Å²) in [6.45, 7) is 6.11. The van der Waals surface area contributed by atoms with Crippen LogP contribution in [0.15, 0.2) is 0 Å². The fourth-order valence-electron chi connectivity index (χ4n) is 3.41. The molecule has 0 aromatic carbocycles. The molecule has 1 N–H and O–H groups in total. The quantitative estimate of drug-likeness (QED) is 0.806. The molecular weight excluding hydrogens is 222 g/mol. The van der Waals surface area contributed by atoms with Gasteiger partial charge in [0.1, 0.15) is 0 Å². The van der Waals surface area contributed by atoms with Crippen molar-refractivity contribution in [2.45, 2.75) is 50.6 Å². The van der Waals surface area contributed by atoms with Crippen molar-refractivity contribution in [3.05, 3.63) is 0 Å². The first kappa shape index (κ1) is 14.3. The Kier molecular flexibility index (Phi) is 4.68. The number of likely N-dealkylation sites (N-methyl/N-ethyl adjacent to an activating group) is 1. The monoisotopic (exact) mass is 253 g/mol. The maximum atomic E-state index is 3.83. The molecular formula is C15H31N3. The minimum Gasteiger partial charge on any atom is -0.312 e. The molecule has 0 aromatic heterocycles. The number of likely N-dealkylation sites (tertiary alicyclic amines) is 1. The van der Waals surface area contributed by atoms with Crippen LogP contribution in [0.5, 0.6) is 0 Å². The lowest BCUT2D eigenvalue weighted by atomic mass is 9.75. The summed E-state index contributed by atoms with van der Waals surface area (Å²) in [5.41, 5.74) is 0.458. The topological polar surface area (TPSA) is 18.5 Å². The SMILES string of the molecule is CC(NCC1(N(C)C)CCC1)C1CCN(C)CC1. The van der Waals surface area contributed by atoms with E-state index in [1.54, 1.807) is 0 Å². The summed E-state index contributed by atoms with van der Waals surface area (Å²) in [6.07, 6.45) is 6.86. The molecule has 2 fully saturated rings. The first-order valence-electron chi connectivity index (χ1n) is 7.63. The fourth-order valence-corrected chi connectivity index (χ4v) is 3.41. The van der Waals surface area contributed by atoms with E-state index in [2.05, 4.69) is 43.2 Å². The number of hydrogen-bond donors (Lipinski definition) is 1. The average molecular weight is 253 g/mol. The van der Waals surface area contributed by atoms with Crippen LogP contribution in [0, 0.1) is 5.92 Å². The van der Waals surface area contributed by atoms with Gasteiger partial charge in [-0.05, 0) is 79.2 Å². The summed E-state index contributed by atoms with van der Waals surface area (Å²) in [4.78, 5) is 4.89. The van der Waals surface area contributed by atoms with Crippen LogP contribution in [0.2, 0.25) is 0 Å². The molecule has 0 spiro atoms. The van der Waals surface area contributed by atoms with Crippen LogP contribution >= 0.6 is 0 Å². The van der Waals surface area contributed by atoms with Crippen molar-refractivity contribution in [2.75, 3.05) is 40.8 Å². The number of piperidine rings is 1. The van der Waals surface area contributed by atoms with Gasteiger partial charge in [0, 0.05) is 18.1 Å². The average Bonchev–Trinajstić information content (AvgIpc) is 2.27. The third-order valence-electron chi connectivity index (χ3n) is 5.46. The molecule has 0 amide bonds. The lowest BCUT2D eigenvalue weighted by Crippen LogP contribution is -2.58. The van der Waals surface area contributed by atoms with Crippen molar-refractivity contribution < 1.29 is 0 Å². The van der Waals surface area contributed by atoms with Gasteiger partial charge in [0.05, 0.1) is 0 Å². The molecule has 0 radical (unpaired) electrons. The normalized spacial score (nSPS) is 27.2. The Morgan fingerprint density at radius 3 is 2.33 bits per heavy atom. The highest BCUT2D eigenvalue weighted by Crippen LogP contribution is 2.35. The molecule has 18 heavy (non-hydrogen) atoms. The number of rotatable bonds is 5. The van der Waals surface area contributed by atoms with Crippen LogP contribution in [0.1, 0.15) is 39.0 Å². The first-order valence-corrected chi connectivity index (χ1v) is 7.63. The second-order valence-electron chi connectivity index (χ2n) is 6.78. The van der Waals surface area contributed by atoms with E-state index in [-0.39, 0.29) is 0 Å². The number of nitrogens with zero attached hydrogens (tertiary/aromatic N) is 2. The summed E-state index contributed by atoms with van der Waals surface area (Å²) < 4.78 is 0. The fraction of sp³-hybridized carbons (Fsp3) is 1.00. The molecule has 1 aliphatic heterocycles. The molecule has 3 heteroatoms. The van der Waals surface area contributed by atoms with Crippen LogP contribution < -0.4 is 5.32 Å². The summed E-state index contributed by atoms with van der Waals surface area (Å²) in [5.74, 6) is 0.875. The van der Waals surface area contributed by atoms with E-state index in [1.165, 1.54) is 51.7 Å². The van der Waals surface area contributed by atoms with E-state index in [0.29, 0.717) is 11.6 Å². The molecule has 2 aliphatic rings. The molecule has 106 valence electrons. The van der Waals surface area contributed by atoms with Crippen LogP contribution in [-0.4, -0.2) is 62.2 Å². The Bertz CT molecular complexity index is 252. The van der Waals surface area contributed by atoms with Gasteiger partial charge in [-0.15, -0.1) is 0 Å². The van der Waals surface area contributed by atoms with E-state index < -0.39 is 0 Å². The smallest absolute Gasteiger partial charge is 0.0328 e. The zero-order valence-electron chi connectivity index (χ0n) is 12.7. The molecule has 1 heterocycles. The Balaban J connectivity index is 1.76. The summed E-state index contributed by atoms with van der Waals surface area (Å²) in [7, 11) is 6.71. The van der Waals surface area contributed by atoms with Crippen LogP contribution in [-0.2, 0) is 0 Å². The molecule has 2 rings (SSSR count). The van der Waals surface area contributed by atoms with E-state index in [0.717, 1.165) is 5.92 Å². The molecule has 1 atom stereocenters. The first-order chi connectivity index (χ1) is 8.53. The highest BCUT2D eigenvalue weighted by molar-refractivity contribution is 4.98. The zero-order chi connectivity index (χ0) is 13.2. The number of nitrogens with one attached hydrogen (secondary N) is 1. The van der Waals surface area contributed by atoms with Gasteiger partial charge >= 0.3 is 0 Å². The van der Waals surface area contributed by atoms with Crippen molar-refractivity contribution in [3.63, 3.8) is 0 Å². The van der Waals surface area contributed by atoms with Crippen molar-refractivity contribution in [1.29, 1.82) is 0 Å². The summed E-state index contributed by atoms with van der Waals surface area (Å²) in [6, 6.07) is 0.677. The van der Waals surface area contributed by atoms with Crippen molar-refractivity contribution in [3.8, 4) is 0 Å². The zero-order valence-corrected chi connectivity index (χ0v) is 12.7. The van der Waals surface area contributed by atoms with Crippen molar-refractivity contribution in [2.24, 2.45) is 5.92 Å². The van der Waals surface area contributed by atoms with Gasteiger partial charge in [-0.25, -0.2) is 0 Å². The minimum atomic E-state index is 0.458. The molecule has 0 aromatic rings. The maximum absolute atomic E-state index is 3.83. The largest absolute Gasteiger partial charge is 0.312 e. The van der Waals surface area contributed by atoms with Crippen molar-refractivity contribution in [1.82, 2.24) is 15.1 Å². The molecule has 1 unspecified atom stereocenters. The molecule has 1 aliphatic carbocycles. The van der Waals surface area contributed by atoms with E-state index in [4.69, 9.17) is 0 Å². The highest BCUT2D eigenvalue weighted by atomic mass is 15.2. The van der Waals surface area contributed by atoms with E-state index in [9.17, 15) is 0 Å². The van der Waals surface area contributed by atoms with E-state index in [1.807, 2.05) is 0 Å². The van der Waals surface area contributed by atoms with Gasteiger partial charge < -0.3 is 15.1 Å². The maximum Gasteiger partial charge on any atom is 0.0328 e. The van der Waals surface area contributed by atoms with Gasteiger partial charge in [0.25, 0.3) is 0 Å². The predicted octanol–water partition coefficient (Wildman–Crippen LogP) is 1.79. The summed E-state index contributed by atoms with van der Waals surface area (Å²) in [5, 5.41) is 3.83. The standard InChI is InChI=1S/C15H31N3/c1-13(14-6-10-18(4)11-7-14)16-12-15(17(2)3)8-5-9-15/h13-14,16H,5-12H2,1-4H3. The molecule has 0 bridgehead atoms. The molecule has 3 nitrogen and oxygen atoms in total. The molecule has 1 saturated heterocycles. The van der Waals surface area contributed by atoms with Crippen molar-refractivity contribution >= 4 is 0 Å². The van der Waals surface area contributed by atoms with E-state index >= 15 is 0 Å². The Morgan fingerprint density at radius 2 is 1.89 bits per heavy atom. The lowest BCUT2D eigenvalue weighted by Gasteiger charge is -2.48. The Hall–Kier alpha value is -0.120. The van der Waals surface area contributed by atoms with Gasteiger partial charge in [-0.3, -0.25) is 0 Å². The van der Waals surface area contributed by atoms with Gasteiger partial charge in [0.2, 0.25) is 0 Å². The summed E-state index contributed by atoms with van der Waals surface area (Å²) >= 11 is 0. The number of hydrogen-bond acceptors (Lipinski definition) is 3. The van der Waals surface area contributed by atoms with Crippen LogP contribution in [0.4, 0.5) is 0 Å². The third-order valence-corrected chi connectivity index (χ3v) is 5.46. The molecule has 1 saturated carbocycles. The second-order valence-corrected chi connectivity index (χ2v) is 6.78. The third kappa shape index (κ3) is 3.06. The lowest BCUT2D eigenvalue weighted by molar-refractivity contribution is 0.0533. The highest BCUT2D eigenvalue weighted by Gasteiger charge is 2.39. The van der Waals surface area contributed by atoms with Gasteiger partial charge in [-0.2, -0.15) is 0 Å². The Morgan fingerprint density at radius 1 is 1.28 bits per heavy atom. The second kappa shape index (κ2) is 5.89. The van der Waals surface area contributed by atoms with Gasteiger partial charge in [0.15, 0.2) is 0 Å². The van der Waals surface area contributed by atoms with Crippen LogP contribution in [0.3, 0.4) is 0 Å². The minimum absolute atomic E-state index is 0.458.